The van der Waals surface area contributed by atoms with E-state index in [4.69, 9.17) is 0 Å². The van der Waals surface area contributed by atoms with Crippen molar-refractivity contribution < 1.29 is 4.79 Å². The first-order valence-corrected chi connectivity index (χ1v) is 5.78. The summed E-state index contributed by atoms with van der Waals surface area (Å²) >= 11 is 0. The van der Waals surface area contributed by atoms with E-state index in [0.717, 1.165) is 18.5 Å². The average molecular weight is 220 g/mol. The number of carbonyl (C=O) groups excluding carboxylic acids is 1. The molecule has 2 N–H and O–H groups in total. The Morgan fingerprint density at radius 2 is 2.50 bits per heavy atom. The summed E-state index contributed by atoms with van der Waals surface area (Å²) in [6.07, 6.45) is 6.84. The fourth-order valence-corrected chi connectivity index (χ4v) is 2.83. The Labute approximate surface area is 94.2 Å². The van der Waals surface area contributed by atoms with Gasteiger partial charge in [-0.15, -0.1) is 0 Å². The number of carbonyl (C=O) groups is 1. The van der Waals surface area contributed by atoms with Crippen LogP contribution >= 0.6 is 0 Å². The van der Waals surface area contributed by atoms with E-state index in [-0.39, 0.29) is 11.8 Å². The molecule has 2 fully saturated rings. The van der Waals surface area contributed by atoms with Crippen molar-refractivity contribution in [3.63, 3.8) is 0 Å². The van der Waals surface area contributed by atoms with Crippen LogP contribution in [-0.4, -0.2) is 27.8 Å². The van der Waals surface area contributed by atoms with E-state index in [1.807, 2.05) is 13.2 Å². The summed E-state index contributed by atoms with van der Waals surface area (Å²) in [5, 5.41) is 10.4. The number of aryl methyl sites for hydroxylation is 1. The van der Waals surface area contributed by atoms with Crippen molar-refractivity contribution in [3.8, 4) is 0 Å². The molecular formula is C11H16N4O. The number of amides is 1. The zero-order chi connectivity index (χ0) is 11.1. The van der Waals surface area contributed by atoms with E-state index in [1.165, 1.54) is 6.42 Å². The predicted molar refractivity (Wildman–Crippen MR) is 59.9 cm³/mol. The number of hydrogen-bond donors (Lipinski definition) is 2. The van der Waals surface area contributed by atoms with Gasteiger partial charge in [-0.1, -0.05) is 0 Å². The number of fused-ring (bicyclic) bond motifs is 2. The summed E-state index contributed by atoms with van der Waals surface area (Å²) in [5.41, 5.74) is 0.787. The second-order valence-electron chi connectivity index (χ2n) is 4.78. The van der Waals surface area contributed by atoms with E-state index in [9.17, 15) is 4.79 Å². The van der Waals surface area contributed by atoms with E-state index >= 15 is 0 Å². The van der Waals surface area contributed by atoms with Gasteiger partial charge in [0.25, 0.3) is 0 Å². The van der Waals surface area contributed by atoms with Gasteiger partial charge in [0.2, 0.25) is 5.91 Å². The quantitative estimate of drug-likeness (QED) is 0.763. The largest absolute Gasteiger partial charge is 0.323 e. The third-order valence-electron chi connectivity index (χ3n) is 3.61. The number of aromatic nitrogens is 2. The van der Waals surface area contributed by atoms with E-state index < -0.39 is 0 Å². The van der Waals surface area contributed by atoms with Gasteiger partial charge in [0.1, 0.15) is 0 Å². The minimum atomic E-state index is 0.132. The second-order valence-corrected chi connectivity index (χ2v) is 4.78. The molecule has 1 aromatic heterocycles. The van der Waals surface area contributed by atoms with Gasteiger partial charge in [-0.25, -0.2) is 0 Å². The van der Waals surface area contributed by atoms with Crippen molar-refractivity contribution in [2.75, 3.05) is 5.32 Å². The molecule has 86 valence electrons. The van der Waals surface area contributed by atoms with Crippen LogP contribution in [0.15, 0.2) is 12.4 Å². The topological polar surface area (TPSA) is 59.0 Å². The zero-order valence-corrected chi connectivity index (χ0v) is 9.31. The van der Waals surface area contributed by atoms with Gasteiger partial charge in [-0.05, 0) is 19.3 Å². The fraction of sp³-hybridized carbons (Fsp3) is 0.636. The second kappa shape index (κ2) is 3.59. The highest BCUT2D eigenvalue weighted by atomic mass is 16.2. The van der Waals surface area contributed by atoms with Crippen molar-refractivity contribution in [1.82, 2.24) is 15.1 Å². The monoisotopic (exact) mass is 220 g/mol. The first-order valence-electron chi connectivity index (χ1n) is 5.78. The van der Waals surface area contributed by atoms with Crippen LogP contribution in [0, 0.1) is 5.92 Å². The summed E-state index contributed by atoms with van der Waals surface area (Å²) in [6.45, 7) is 0. The molecule has 0 saturated carbocycles. The lowest BCUT2D eigenvalue weighted by molar-refractivity contribution is -0.120. The molecular weight excluding hydrogens is 204 g/mol. The molecule has 3 rings (SSSR count). The van der Waals surface area contributed by atoms with E-state index in [1.54, 1.807) is 10.9 Å². The minimum Gasteiger partial charge on any atom is -0.323 e. The fourth-order valence-electron chi connectivity index (χ4n) is 2.83. The summed E-state index contributed by atoms with van der Waals surface area (Å²) in [7, 11) is 1.84. The minimum absolute atomic E-state index is 0.132. The van der Waals surface area contributed by atoms with Crippen molar-refractivity contribution >= 4 is 11.6 Å². The van der Waals surface area contributed by atoms with Crippen LogP contribution < -0.4 is 10.6 Å². The number of hydrogen-bond acceptors (Lipinski definition) is 3. The molecule has 2 aliphatic heterocycles. The predicted octanol–water partition coefficient (Wildman–Crippen LogP) is 0.499. The molecule has 0 aliphatic carbocycles. The van der Waals surface area contributed by atoms with Gasteiger partial charge in [-0.3, -0.25) is 9.48 Å². The average Bonchev–Trinajstić information content (AvgIpc) is 2.93. The maximum Gasteiger partial charge on any atom is 0.229 e. The van der Waals surface area contributed by atoms with Crippen molar-refractivity contribution in [2.24, 2.45) is 13.0 Å². The first-order chi connectivity index (χ1) is 7.72. The number of nitrogens with one attached hydrogen (secondary N) is 2. The van der Waals surface area contributed by atoms with Gasteiger partial charge in [0, 0.05) is 25.3 Å². The molecule has 2 aliphatic rings. The Bertz CT molecular complexity index is 414. The lowest BCUT2D eigenvalue weighted by atomic mass is 9.88. The third-order valence-corrected chi connectivity index (χ3v) is 3.61. The molecule has 0 spiro atoms. The van der Waals surface area contributed by atoms with Crippen LogP contribution in [0.5, 0.6) is 0 Å². The maximum atomic E-state index is 12.0. The summed E-state index contributed by atoms with van der Waals surface area (Å²) in [4.78, 5) is 12.0. The lowest BCUT2D eigenvalue weighted by Gasteiger charge is -2.18. The molecule has 0 radical (unpaired) electrons. The van der Waals surface area contributed by atoms with Crippen LogP contribution in [-0.2, 0) is 11.8 Å². The lowest BCUT2D eigenvalue weighted by Crippen LogP contribution is -2.32. The maximum absolute atomic E-state index is 12.0. The highest BCUT2D eigenvalue weighted by molar-refractivity contribution is 5.93. The van der Waals surface area contributed by atoms with Crippen LogP contribution in [0.3, 0.4) is 0 Å². The molecule has 3 heterocycles. The van der Waals surface area contributed by atoms with Crippen LogP contribution in [0.2, 0.25) is 0 Å². The molecule has 1 amide bonds. The summed E-state index contributed by atoms with van der Waals surface area (Å²) in [5.74, 6) is 0.270. The van der Waals surface area contributed by atoms with Gasteiger partial charge in [-0.2, -0.15) is 5.10 Å². The Morgan fingerprint density at radius 1 is 1.62 bits per heavy atom. The van der Waals surface area contributed by atoms with Crippen molar-refractivity contribution in [1.29, 1.82) is 0 Å². The highest BCUT2D eigenvalue weighted by Gasteiger charge is 2.42. The standard InChI is InChI=1S/C11H16N4O/c1-15-6-8(5-12-15)14-11(16)9-4-7-2-3-10(9)13-7/h5-7,9-10,13H,2-4H2,1H3,(H,14,16). The molecule has 1 aromatic rings. The van der Waals surface area contributed by atoms with Crippen molar-refractivity contribution in [2.45, 2.75) is 31.3 Å². The third kappa shape index (κ3) is 1.61. The Balaban J connectivity index is 1.65. The zero-order valence-electron chi connectivity index (χ0n) is 9.31. The Morgan fingerprint density at radius 3 is 3.06 bits per heavy atom. The molecule has 2 bridgehead atoms. The SMILES string of the molecule is Cn1cc(NC(=O)C2CC3CCC2N3)cn1. The number of anilines is 1. The van der Waals surface area contributed by atoms with Crippen LogP contribution in [0.4, 0.5) is 5.69 Å². The van der Waals surface area contributed by atoms with Gasteiger partial charge < -0.3 is 10.6 Å². The molecule has 2 saturated heterocycles. The van der Waals surface area contributed by atoms with Gasteiger partial charge in [0.15, 0.2) is 0 Å². The normalized spacial score (nSPS) is 31.9. The highest BCUT2D eigenvalue weighted by Crippen LogP contribution is 2.33. The van der Waals surface area contributed by atoms with Crippen LogP contribution in [0.25, 0.3) is 0 Å². The smallest absolute Gasteiger partial charge is 0.229 e. The first kappa shape index (κ1) is 9.84. The van der Waals surface area contributed by atoms with Crippen molar-refractivity contribution in [3.05, 3.63) is 12.4 Å². The number of rotatable bonds is 2. The Kier molecular flexibility index (Phi) is 2.21. The molecule has 5 heteroatoms. The van der Waals surface area contributed by atoms with Crippen LogP contribution in [0.1, 0.15) is 19.3 Å². The molecule has 16 heavy (non-hydrogen) atoms. The summed E-state index contributed by atoms with van der Waals surface area (Å²) < 4.78 is 1.69. The molecule has 5 nitrogen and oxygen atoms in total. The van der Waals surface area contributed by atoms with Gasteiger partial charge in [0.05, 0.1) is 17.8 Å². The van der Waals surface area contributed by atoms with E-state index in [0.29, 0.717) is 12.1 Å². The molecule has 0 aromatic carbocycles. The Hall–Kier alpha value is -1.36. The molecule has 3 atom stereocenters. The van der Waals surface area contributed by atoms with Gasteiger partial charge >= 0.3 is 0 Å². The number of nitrogens with zero attached hydrogens (tertiary/aromatic N) is 2. The van der Waals surface area contributed by atoms with E-state index in [2.05, 4.69) is 15.7 Å². The summed E-state index contributed by atoms with van der Waals surface area (Å²) in [6, 6.07) is 0.955. The molecule has 3 unspecified atom stereocenters.